The quantitative estimate of drug-likeness (QED) is 0.289. The second kappa shape index (κ2) is 8.77. The van der Waals surface area contributed by atoms with Gasteiger partial charge in [0, 0.05) is 11.8 Å². The van der Waals surface area contributed by atoms with Crippen LogP contribution in [0.4, 0.5) is 4.39 Å². The van der Waals surface area contributed by atoms with E-state index in [0.29, 0.717) is 11.3 Å². The van der Waals surface area contributed by atoms with Crippen LogP contribution in [-0.2, 0) is 17.0 Å². The second-order valence-corrected chi connectivity index (χ2v) is 7.65. The lowest BCUT2D eigenvalue weighted by molar-refractivity contribution is 0.0507. The molecule has 0 atom stereocenters. The van der Waals surface area contributed by atoms with E-state index in [1.165, 1.54) is 40.6 Å². The van der Waals surface area contributed by atoms with Crippen molar-refractivity contribution in [2.75, 3.05) is 0 Å². The molecule has 0 unspecified atom stereocenters. The molecule has 2 aromatic carbocycles. The fourth-order valence-electron chi connectivity index (χ4n) is 2.55. The highest BCUT2D eigenvalue weighted by atomic mass is 19.1. The van der Waals surface area contributed by atoms with Crippen LogP contribution in [-0.4, -0.2) is 21.6 Å². The molecule has 0 bridgehead atoms. The summed E-state index contributed by atoms with van der Waals surface area (Å²) in [6.45, 7) is 6.56. The Bertz CT molecular complexity index is 1040. The SMILES string of the molecule is CC(C)(C)c1ccc(OCn2ccc(C(=O)O/N=C(\N)c3ccc(F)cc3)n2)cc1. The predicted molar refractivity (Wildman–Crippen MR) is 111 cm³/mol. The molecule has 156 valence electrons. The van der Waals surface area contributed by atoms with Crippen molar-refractivity contribution in [2.24, 2.45) is 10.9 Å². The van der Waals surface area contributed by atoms with Gasteiger partial charge in [-0.05, 0) is 53.4 Å². The normalized spacial score (nSPS) is 11.9. The van der Waals surface area contributed by atoms with Crippen molar-refractivity contribution in [3.05, 3.63) is 83.4 Å². The van der Waals surface area contributed by atoms with E-state index in [0.717, 1.165) is 0 Å². The summed E-state index contributed by atoms with van der Waals surface area (Å²) >= 11 is 0. The highest BCUT2D eigenvalue weighted by Crippen LogP contribution is 2.24. The largest absolute Gasteiger partial charge is 0.471 e. The lowest BCUT2D eigenvalue weighted by Crippen LogP contribution is -2.15. The van der Waals surface area contributed by atoms with Crippen LogP contribution in [0.3, 0.4) is 0 Å². The van der Waals surface area contributed by atoms with Gasteiger partial charge >= 0.3 is 5.97 Å². The molecular formula is C22H23FN4O3. The lowest BCUT2D eigenvalue weighted by atomic mass is 9.87. The first-order valence-electron chi connectivity index (χ1n) is 9.30. The number of carbonyl (C=O) groups is 1. The van der Waals surface area contributed by atoms with E-state index in [1.807, 2.05) is 24.3 Å². The van der Waals surface area contributed by atoms with Crippen molar-refractivity contribution in [1.82, 2.24) is 9.78 Å². The maximum atomic E-state index is 12.9. The molecule has 3 rings (SSSR count). The lowest BCUT2D eigenvalue weighted by Gasteiger charge is -2.19. The Hall–Kier alpha value is -3.68. The number of rotatable bonds is 6. The first-order chi connectivity index (χ1) is 14.2. The highest BCUT2D eigenvalue weighted by molar-refractivity contribution is 5.97. The zero-order valence-corrected chi connectivity index (χ0v) is 17.0. The fourth-order valence-corrected chi connectivity index (χ4v) is 2.55. The molecule has 8 heteroatoms. The van der Waals surface area contributed by atoms with E-state index >= 15 is 0 Å². The number of amidine groups is 1. The van der Waals surface area contributed by atoms with E-state index in [1.54, 1.807) is 6.20 Å². The molecule has 0 saturated carbocycles. The number of nitrogens with zero attached hydrogens (tertiary/aromatic N) is 3. The molecule has 0 radical (unpaired) electrons. The van der Waals surface area contributed by atoms with E-state index in [-0.39, 0.29) is 23.7 Å². The van der Waals surface area contributed by atoms with Gasteiger partial charge in [0.05, 0.1) is 0 Å². The third-order valence-corrected chi connectivity index (χ3v) is 4.30. The first kappa shape index (κ1) is 21.0. The molecule has 30 heavy (non-hydrogen) atoms. The molecule has 0 aliphatic carbocycles. The molecule has 0 aliphatic rings. The van der Waals surface area contributed by atoms with Crippen LogP contribution in [0, 0.1) is 5.82 Å². The molecule has 0 fully saturated rings. The molecule has 0 spiro atoms. The van der Waals surface area contributed by atoms with Crippen molar-refractivity contribution >= 4 is 11.8 Å². The van der Waals surface area contributed by atoms with Crippen LogP contribution in [0.15, 0.2) is 65.9 Å². The molecule has 0 amide bonds. The summed E-state index contributed by atoms with van der Waals surface area (Å²) in [5, 5.41) is 7.67. The van der Waals surface area contributed by atoms with Crippen molar-refractivity contribution in [3.8, 4) is 5.75 Å². The van der Waals surface area contributed by atoms with Gasteiger partial charge in [-0.3, -0.25) is 0 Å². The Kier molecular flexibility index (Phi) is 6.15. The standard InChI is InChI=1S/C22H23FN4O3/c1-22(2,3)16-6-10-18(11-7-16)29-14-27-13-12-19(25-27)21(28)30-26-20(24)15-4-8-17(23)9-5-15/h4-13H,14H2,1-3H3,(H2,24,26). The summed E-state index contributed by atoms with van der Waals surface area (Å²) in [5.74, 6) is -0.529. The number of aromatic nitrogens is 2. The average Bonchev–Trinajstić information content (AvgIpc) is 3.19. The van der Waals surface area contributed by atoms with Gasteiger partial charge in [0.1, 0.15) is 11.6 Å². The number of hydrogen-bond acceptors (Lipinski definition) is 5. The minimum atomic E-state index is -0.770. The average molecular weight is 410 g/mol. The highest BCUT2D eigenvalue weighted by Gasteiger charge is 2.14. The number of nitrogens with two attached hydrogens (primary N) is 1. The molecule has 3 aromatic rings. The van der Waals surface area contributed by atoms with E-state index < -0.39 is 11.8 Å². The van der Waals surface area contributed by atoms with Gasteiger partial charge in [-0.25, -0.2) is 13.9 Å². The van der Waals surface area contributed by atoms with Gasteiger partial charge in [0.15, 0.2) is 18.3 Å². The third kappa shape index (κ3) is 5.44. The number of hydrogen-bond donors (Lipinski definition) is 1. The molecule has 0 aliphatic heterocycles. The van der Waals surface area contributed by atoms with Crippen LogP contribution in [0.1, 0.15) is 42.4 Å². The van der Waals surface area contributed by atoms with Gasteiger partial charge < -0.3 is 15.3 Å². The summed E-state index contributed by atoms with van der Waals surface area (Å²) in [6, 6.07) is 14.6. The monoisotopic (exact) mass is 410 g/mol. The Morgan fingerprint density at radius 3 is 2.40 bits per heavy atom. The van der Waals surface area contributed by atoms with E-state index in [4.69, 9.17) is 15.3 Å². The van der Waals surface area contributed by atoms with Crippen LogP contribution in [0.2, 0.25) is 0 Å². The van der Waals surface area contributed by atoms with Crippen LogP contribution in [0.5, 0.6) is 5.75 Å². The molecule has 7 nitrogen and oxygen atoms in total. The smallest absolute Gasteiger partial charge is 0.385 e. The molecule has 1 aromatic heterocycles. The zero-order chi connectivity index (χ0) is 21.7. The van der Waals surface area contributed by atoms with Crippen LogP contribution in [0.25, 0.3) is 0 Å². The molecule has 2 N–H and O–H groups in total. The Labute approximate surface area is 173 Å². The maximum Gasteiger partial charge on any atom is 0.385 e. The van der Waals surface area contributed by atoms with Crippen molar-refractivity contribution in [3.63, 3.8) is 0 Å². The van der Waals surface area contributed by atoms with Gasteiger partial charge in [-0.2, -0.15) is 5.10 Å². The van der Waals surface area contributed by atoms with Crippen molar-refractivity contribution < 1.29 is 18.8 Å². The summed E-state index contributed by atoms with van der Waals surface area (Å²) in [6.07, 6.45) is 1.59. The summed E-state index contributed by atoms with van der Waals surface area (Å²) in [4.78, 5) is 16.9. The summed E-state index contributed by atoms with van der Waals surface area (Å²) in [5.41, 5.74) is 7.49. The predicted octanol–water partition coefficient (Wildman–Crippen LogP) is 3.83. The second-order valence-electron chi connectivity index (χ2n) is 7.65. The van der Waals surface area contributed by atoms with Crippen molar-refractivity contribution in [1.29, 1.82) is 0 Å². The summed E-state index contributed by atoms with van der Waals surface area (Å²) in [7, 11) is 0. The number of ether oxygens (including phenoxy) is 1. The number of carbonyl (C=O) groups excluding carboxylic acids is 1. The molecular weight excluding hydrogens is 387 g/mol. The van der Waals surface area contributed by atoms with E-state index in [9.17, 15) is 9.18 Å². The Morgan fingerprint density at radius 2 is 1.77 bits per heavy atom. The first-order valence-corrected chi connectivity index (χ1v) is 9.30. The molecule has 0 saturated heterocycles. The number of halogens is 1. The Morgan fingerprint density at radius 1 is 1.10 bits per heavy atom. The maximum absolute atomic E-state index is 12.9. The minimum Gasteiger partial charge on any atom is -0.471 e. The zero-order valence-electron chi connectivity index (χ0n) is 17.0. The number of oxime groups is 1. The van der Waals surface area contributed by atoms with Crippen molar-refractivity contribution in [2.45, 2.75) is 32.9 Å². The summed E-state index contributed by atoms with van der Waals surface area (Å²) < 4.78 is 20.1. The van der Waals surface area contributed by atoms with Gasteiger partial charge in [-0.1, -0.05) is 38.1 Å². The van der Waals surface area contributed by atoms with Crippen LogP contribution < -0.4 is 10.5 Å². The van der Waals surface area contributed by atoms with Gasteiger partial charge in [0.2, 0.25) is 0 Å². The van der Waals surface area contributed by atoms with Gasteiger partial charge in [-0.15, -0.1) is 0 Å². The van der Waals surface area contributed by atoms with Gasteiger partial charge in [0.25, 0.3) is 0 Å². The number of benzene rings is 2. The topological polar surface area (TPSA) is 91.7 Å². The van der Waals surface area contributed by atoms with Crippen LogP contribution >= 0.6 is 0 Å². The van der Waals surface area contributed by atoms with E-state index in [2.05, 4.69) is 31.0 Å². The third-order valence-electron chi connectivity index (χ3n) is 4.30. The Balaban J connectivity index is 1.55. The minimum absolute atomic E-state index is 0.0511. The molecule has 1 heterocycles. The fraction of sp³-hybridized carbons (Fsp3) is 0.227.